The topological polar surface area (TPSA) is 90.6 Å². The minimum absolute atomic E-state index is 0.0282. The normalized spacial score (nSPS) is 13.9. The van der Waals surface area contributed by atoms with Crippen molar-refractivity contribution in [1.82, 2.24) is 5.32 Å². The molecule has 2 atom stereocenters. The summed E-state index contributed by atoms with van der Waals surface area (Å²) in [6.45, 7) is 6.48. The monoisotopic (exact) mass is 336 g/mol. The molecule has 0 bridgehead atoms. The Morgan fingerprint density at radius 2 is 1.75 bits per heavy atom. The summed E-state index contributed by atoms with van der Waals surface area (Å²) >= 11 is 0. The van der Waals surface area contributed by atoms with E-state index in [1.54, 1.807) is 0 Å². The Kier molecular flexibility index (Phi) is 7.38. The van der Waals surface area contributed by atoms with Crippen molar-refractivity contribution in [2.75, 3.05) is 20.8 Å². The first-order valence-corrected chi connectivity index (χ1v) is 7.91. The molecule has 0 aliphatic heterocycles. The molecule has 0 heterocycles. The van der Waals surface area contributed by atoms with E-state index in [9.17, 15) is 9.59 Å². The van der Waals surface area contributed by atoms with Crippen molar-refractivity contribution < 1.29 is 19.1 Å². The Labute approximate surface area is 143 Å². The first-order chi connectivity index (χ1) is 11.2. The average molecular weight is 336 g/mol. The molecule has 1 rings (SSSR count). The lowest BCUT2D eigenvalue weighted by Gasteiger charge is -2.23. The summed E-state index contributed by atoms with van der Waals surface area (Å²) in [5.74, 6) is -0.772. The largest absolute Gasteiger partial charge is 0.469 e. The lowest BCUT2D eigenvalue weighted by Crippen LogP contribution is -2.45. The molecule has 1 amide bonds. The molecule has 1 aromatic carbocycles. The maximum Gasteiger partial charge on any atom is 0.307 e. The summed E-state index contributed by atoms with van der Waals surface area (Å²) in [6.07, 6.45) is 0.0385. The summed E-state index contributed by atoms with van der Waals surface area (Å²) in [6, 6.07) is 6.54. The third kappa shape index (κ3) is 5.94. The molecule has 0 saturated carbocycles. The molecule has 0 fully saturated rings. The van der Waals surface area contributed by atoms with E-state index in [1.807, 2.05) is 24.3 Å². The fraction of sp³-hybridized carbons (Fsp3) is 0.556. The first-order valence-electron chi connectivity index (χ1n) is 7.91. The second-order valence-corrected chi connectivity index (χ2v) is 6.78. The molecule has 0 aliphatic rings. The zero-order valence-electron chi connectivity index (χ0n) is 15.1. The van der Waals surface area contributed by atoms with Gasteiger partial charge >= 0.3 is 5.97 Å². The zero-order chi connectivity index (χ0) is 18.3. The molecule has 6 heteroatoms. The number of carbonyl (C=O) groups excluding carboxylic acids is 2. The molecule has 0 aromatic heterocycles. The highest BCUT2D eigenvalue weighted by Crippen LogP contribution is 2.25. The molecular formula is C18H28N2O4. The van der Waals surface area contributed by atoms with E-state index in [-0.39, 0.29) is 24.3 Å². The van der Waals surface area contributed by atoms with Crippen molar-refractivity contribution >= 4 is 11.9 Å². The minimum atomic E-state index is -0.788. The van der Waals surface area contributed by atoms with Gasteiger partial charge in [0.15, 0.2) is 0 Å². The number of hydrogen-bond acceptors (Lipinski definition) is 5. The standard InChI is InChI=1S/C18H28N2O4/c1-18(2,3)13-8-6-12(7-9-13)15(10-16(21)24-5)20-17(22)14(19)11-23-4/h6-9,14-15H,10-11,19H2,1-5H3,(H,20,22). The van der Waals surface area contributed by atoms with Crippen molar-refractivity contribution in [2.24, 2.45) is 5.73 Å². The van der Waals surface area contributed by atoms with Gasteiger partial charge < -0.3 is 20.5 Å². The van der Waals surface area contributed by atoms with Crippen molar-refractivity contribution in [2.45, 2.75) is 44.7 Å². The van der Waals surface area contributed by atoms with Crippen molar-refractivity contribution in [1.29, 1.82) is 0 Å². The van der Waals surface area contributed by atoms with E-state index in [0.717, 1.165) is 5.56 Å². The van der Waals surface area contributed by atoms with Crippen LogP contribution in [-0.2, 0) is 24.5 Å². The van der Waals surface area contributed by atoms with Gasteiger partial charge in [0.2, 0.25) is 5.91 Å². The van der Waals surface area contributed by atoms with Gasteiger partial charge in [0.1, 0.15) is 6.04 Å². The van der Waals surface area contributed by atoms with Gasteiger partial charge in [0.25, 0.3) is 0 Å². The van der Waals surface area contributed by atoms with Crippen LogP contribution in [0.2, 0.25) is 0 Å². The summed E-state index contributed by atoms with van der Waals surface area (Å²) in [5.41, 5.74) is 7.77. The van der Waals surface area contributed by atoms with Crippen LogP contribution in [0.1, 0.15) is 44.4 Å². The smallest absolute Gasteiger partial charge is 0.307 e. The highest BCUT2D eigenvalue weighted by atomic mass is 16.5. The quantitative estimate of drug-likeness (QED) is 0.739. The van der Waals surface area contributed by atoms with Gasteiger partial charge in [-0.2, -0.15) is 0 Å². The van der Waals surface area contributed by atoms with Crippen LogP contribution in [0.5, 0.6) is 0 Å². The fourth-order valence-corrected chi connectivity index (χ4v) is 2.25. The highest BCUT2D eigenvalue weighted by Gasteiger charge is 2.23. The molecule has 2 unspecified atom stereocenters. The van der Waals surface area contributed by atoms with Crippen LogP contribution in [0.15, 0.2) is 24.3 Å². The SMILES string of the molecule is COCC(N)C(=O)NC(CC(=O)OC)c1ccc(C(C)(C)C)cc1. The molecule has 0 aliphatic carbocycles. The van der Waals surface area contributed by atoms with Crippen LogP contribution in [0.25, 0.3) is 0 Å². The van der Waals surface area contributed by atoms with Gasteiger partial charge in [-0.3, -0.25) is 9.59 Å². The van der Waals surface area contributed by atoms with Crippen molar-refractivity contribution in [3.8, 4) is 0 Å². The van der Waals surface area contributed by atoms with Gasteiger partial charge in [0, 0.05) is 7.11 Å². The van der Waals surface area contributed by atoms with E-state index in [4.69, 9.17) is 15.2 Å². The van der Waals surface area contributed by atoms with Gasteiger partial charge in [0.05, 0.1) is 26.2 Å². The number of ether oxygens (including phenoxy) is 2. The van der Waals surface area contributed by atoms with Gasteiger partial charge in [-0.25, -0.2) is 0 Å². The fourth-order valence-electron chi connectivity index (χ4n) is 2.25. The second kappa shape index (κ2) is 8.80. The maximum absolute atomic E-state index is 12.1. The number of esters is 1. The van der Waals surface area contributed by atoms with Crippen LogP contribution in [0.3, 0.4) is 0 Å². The molecular weight excluding hydrogens is 308 g/mol. The van der Waals surface area contributed by atoms with Crippen LogP contribution in [-0.4, -0.2) is 38.7 Å². The predicted molar refractivity (Wildman–Crippen MR) is 92.5 cm³/mol. The highest BCUT2D eigenvalue weighted by molar-refractivity contribution is 5.82. The Balaban J connectivity index is 2.97. The summed E-state index contributed by atoms with van der Waals surface area (Å²) in [4.78, 5) is 23.8. The Morgan fingerprint density at radius 3 is 2.21 bits per heavy atom. The number of carbonyl (C=O) groups is 2. The lowest BCUT2D eigenvalue weighted by molar-refractivity contribution is -0.141. The molecule has 0 radical (unpaired) electrons. The summed E-state index contributed by atoms with van der Waals surface area (Å²) in [7, 11) is 2.80. The van der Waals surface area contributed by atoms with E-state index in [0.29, 0.717) is 0 Å². The number of methoxy groups -OCH3 is 2. The van der Waals surface area contributed by atoms with E-state index in [1.165, 1.54) is 19.8 Å². The third-order valence-corrected chi connectivity index (χ3v) is 3.78. The predicted octanol–water partition coefficient (Wildman–Crippen LogP) is 1.68. The van der Waals surface area contributed by atoms with Crippen LogP contribution in [0, 0.1) is 0 Å². The maximum atomic E-state index is 12.1. The number of nitrogens with two attached hydrogens (primary N) is 1. The minimum Gasteiger partial charge on any atom is -0.469 e. The molecule has 3 N–H and O–H groups in total. The first kappa shape index (κ1) is 20.1. The summed E-state index contributed by atoms with van der Waals surface area (Å²) in [5, 5.41) is 2.80. The number of hydrogen-bond donors (Lipinski definition) is 2. The second-order valence-electron chi connectivity index (χ2n) is 6.78. The molecule has 0 spiro atoms. The summed E-state index contributed by atoms with van der Waals surface area (Å²) < 4.78 is 9.61. The van der Waals surface area contributed by atoms with Crippen molar-refractivity contribution in [3.63, 3.8) is 0 Å². The molecule has 0 saturated heterocycles. The van der Waals surface area contributed by atoms with E-state index >= 15 is 0 Å². The van der Waals surface area contributed by atoms with E-state index < -0.39 is 18.1 Å². The average Bonchev–Trinajstić information content (AvgIpc) is 2.53. The van der Waals surface area contributed by atoms with Crippen molar-refractivity contribution in [3.05, 3.63) is 35.4 Å². The lowest BCUT2D eigenvalue weighted by atomic mass is 9.86. The van der Waals surface area contributed by atoms with Gasteiger partial charge in [-0.1, -0.05) is 45.0 Å². The Morgan fingerprint density at radius 1 is 1.17 bits per heavy atom. The molecule has 134 valence electrons. The number of rotatable bonds is 7. The number of benzene rings is 1. The Hall–Kier alpha value is -1.92. The van der Waals surface area contributed by atoms with Crippen LogP contribution < -0.4 is 11.1 Å². The van der Waals surface area contributed by atoms with E-state index in [2.05, 4.69) is 26.1 Å². The van der Waals surface area contributed by atoms with Gasteiger partial charge in [-0.05, 0) is 16.5 Å². The molecule has 6 nitrogen and oxygen atoms in total. The third-order valence-electron chi connectivity index (χ3n) is 3.78. The van der Waals surface area contributed by atoms with Crippen LogP contribution in [0.4, 0.5) is 0 Å². The molecule has 1 aromatic rings. The number of nitrogens with one attached hydrogen (secondary N) is 1. The Bertz CT molecular complexity index is 549. The van der Waals surface area contributed by atoms with Gasteiger partial charge in [-0.15, -0.1) is 0 Å². The number of amides is 1. The zero-order valence-corrected chi connectivity index (χ0v) is 15.1. The molecule has 24 heavy (non-hydrogen) atoms. The van der Waals surface area contributed by atoms with Crippen LogP contribution >= 0.6 is 0 Å².